The van der Waals surface area contributed by atoms with Gasteiger partial charge in [-0.15, -0.1) is 0 Å². The van der Waals surface area contributed by atoms with Crippen molar-refractivity contribution in [3.05, 3.63) is 0 Å². The average Bonchev–Trinajstić information content (AvgIpc) is 2.53. The fourth-order valence-electron chi connectivity index (χ4n) is 3.48. The van der Waals surface area contributed by atoms with E-state index in [0.717, 1.165) is 0 Å². The number of nitriles is 1. The summed E-state index contributed by atoms with van der Waals surface area (Å²) < 4.78 is 5.55. The molecular formula is C11H16N4O3. The van der Waals surface area contributed by atoms with E-state index in [0.29, 0.717) is 6.42 Å². The standard InChI is InChI=1S/C11H16N4O3/c1-4-2-5-9-14-10(13)15-11(5,6(3-12)18-9)8(17)7(4)16/h4-9,16-17H,2H2,1H3,(H3,13,14,15)/t4-,5-,6-,7-,8-,9+,11+/m1/s1. The second kappa shape index (κ2) is 3.57. The van der Waals surface area contributed by atoms with Crippen LogP contribution < -0.4 is 11.1 Å². The lowest BCUT2D eigenvalue weighted by molar-refractivity contribution is -0.111. The lowest BCUT2D eigenvalue weighted by Gasteiger charge is -2.50. The number of hydrogen-bond acceptors (Lipinski definition) is 7. The average molecular weight is 252 g/mol. The Morgan fingerprint density at radius 2 is 2.33 bits per heavy atom. The van der Waals surface area contributed by atoms with E-state index in [9.17, 15) is 15.5 Å². The zero-order chi connectivity index (χ0) is 13.1. The Morgan fingerprint density at radius 1 is 1.61 bits per heavy atom. The summed E-state index contributed by atoms with van der Waals surface area (Å²) in [5.41, 5.74) is 4.63. The molecule has 0 spiro atoms. The zero-order valence-electron chi connectivity index (χ0n) is 9.95. The molecule has 2 aliphatic heterocycles. The molecule has 2 heterocycles. The van der Waals surface area contributed by atoms with Gasteiger partial charge in [-0.05, 0) is 12.3 Å². The molecule has 5 N–H and O–H groups in total. The number of ether oxygens (including phenoxy) is 1. The third kappa shape index (κ3) is 1.20. The van der Waals surface area contributed by atoms with Crippen LogP contribution in [0.4, 0.5) is 0 Å². The second-order valence-electron chi connectivity index (χ2n) is 5.36. The molecule has 7 heteroatoms. The van der Waals surface area contributed by atoms with Crippen molar-refractivity contribution in [3.8, 4) is 6.07 Å². The molecule has 0 aromatic heterocycles. The summed E-state index contributed by atoms with van der Waals surface area (Å²) >= 11 is 0. The molecule has 0 aromatic carbocycles. The van der Waals surface area contributed by atoms with Crippen molar-refractivity contribution in [2.45, 2.75) is 43.4 Å². The fraction of sp³-hybridized carbons (Fsp3) is 0.818. The lowest BCUT2D eigenvalue weighted by Crippen LogP contribution is -2.73. The van der Waals surface area contributed by atoms with Crippen LogP contribution in [0.2, 0.25) is 0 Å². The first-order valence-electron chi connectivity index (χ1n) is 6.03. The number of nitrogens with two attached hydrogens (primary N) is 1. The number of nitrogens with one attached hydrogen (secondary N) is 1. The molecule has 2 fully saturated rings. The fourth-order valence-corrected chi connectivity index (χ4v) is 3.48. The minimum absolute atomic E-state index is 0.0713. The van der Waals surface area contributed by atoms with Gasteiger partial charge in [0.2, 0.25) is 0 Å². The van der Waals surface area contributed by atoms with Gasteiger partial charge >= 0.3 is 0 Å². The highest BCUT2D eigenvalue weighted by molar-refractivity contribution is 5.80. The highest BCUT2D eigenvalue weighted by Gasteiger charge is 2.67. The molecule has 3 aliphatic rings. The van der Waals surface area contributed by atoms with Gasteiger partial charge in [0.25, 0.3) is 0 Å². The molecule has 1 saturated carbocycles. The van der Waals surface area contributed by atoms with E-state index in [-0.39, 0.29) is 17.8 Å². The maximum Gasteiger partial charge on any atom is 0.191 e. The summed E-state index contributed by atoms with van der Waals surface area (Å²) in [5.74, 6) is -0.0735. The smallest absolute Gasteiger partial charge is 0.191 e. The number of aliphatic hydroxyl groups excluding tert-OH is 2. The first-order valence-corrected chi connectivity index (χ1v) is 6.03. The van der Waals surface area contributed by atoms with E-state index < -0.39 is 30.1 Å². The Labute approximate surface area is 104 Å². The van der Waals surface area contributed by atoms with Gasteiger partial charge in [-0.2, -0.15) is 5.26 Å². The van der Waals surface area contributed by atoms with E-state index in [1.54, 1.807) is 0 Å². The summed E-state index contributed by atoms with van der Waals surface area (Å²) in [6.07, 6.45) is -2.76. The van der Waals surface area contributed by atoms with Crippen molar-refractivity contribution in [1.29, 1.82) is 5.26 Å². The van der Waals surface area contributed by atoms with Gasteiger partial charge in [0, 0.05) is 5.92 Å². The summed E-state index contributed by atoms with van der Waals surface area (Å²) in [6.45, 7) is 1.86. The van der Waals surface area contributed by atoms with Crippen LogP contribution in [0.15, 0.2) is 4.99 Å². The predicted octanol–water partition coefficient (Wildman–Crippen LogP) is -1.73. The zero-order valence-corrected chi connectivity index (χ0v) is 9.95. The largest absolute Gasteiger partial charge is 0.390 e. The van der Waals surface area contributed by atoms with Crippen molar-refractivity contribution in [2.75, 3.05) is 0 Å². The van der Waals surface area contributed by atoms with Gasteiger partial charge in [0.15, 0.2) is 18.3 Å². The van der Waals surface area contributed by atoms with E-state index in [1.807, 2.05) is 13.0 Å². The number of nitrogens with zero attached hydrogens (tertiary/aromatic N) is 2. The Hall–Kier alpha value is -1.36. The Bertz CT molecular complexity index is 448. The predicted molar refractivity (Wildman–Crippen MR) is 61.0 cm³/mol. The van der Waals surface area contributed by atoms with Crippen LogP contribution in [-0.2, 0) is 4.74 Å². The summed E-state index contributed by atoms with van der Waals surface area (Å²) in [4.78, 5) is 4.13. The molecule has 1 aliphatic carbocycles. The van der Waals surface area contributed by atoms with Crippen LogP contribution in [0.25, 0.3) is 0 Å². The molecule has 0 unspecified atom stereocenters. The van der Waals surface area contributed by atoms with E-state index in [4.69, 9.17) is 10.5 Å². The van der Waals surface area contributed by atoms with Crippen molar-refractivity contribution in [3.63, 3.8) is 0 Å². The molecule has 0 amide bonds. The first kappa shape index (κ1) is 11.7. The minimum Gasteiger partial charge on any atom is -0.390 e. The molecule has 0 aromatic rings. The number of guanidine groups is 1. The van der Waals surface area contributed by atoms with Gasteiger partial charge in [-0.3, -0.25) is 0 Å². The van der Waals surface area contributed by atoms with Gasteiger partial charge in [-0.1, -0.05) is 6.92 Å². The Balaban J connectivity index is 2.09. The molecule has 0 radical (unpaired) electrons. The Kier molecular flexibility index (Phi) is 2.32. The number of aliphatic hydroxyl groups is 2. The quantitative estimate of drug-likeness (QED) is 0.406. The van der Waals surface area contributed by atoms with E-state index in [1.165, 1.54) is 0 Å². The van der Waals surface area contributed by atoms with Crippen molar-refractivity contribution in [1.82, 2.24) is 5.32 Å². The first-order chi connectivity index (χ1) is 8.50. The van der Waals surface area contributed by atoms with Crippen molar-refractivity contribution < 1.29 is 14.9 Å². The Morgan fingerprint density at radius 3 is 3.00 bits per heavy atom. The van der Waals surface area contributed by atoms with Gasteiger partial charge in [0.1, 0.15) is 11.6 Å². The van der Waals surface area contributed by atoms with Gasteiger partial charge < -0.3 is 26.0 Å². The molecule has 1 saturated heterocycles. The lowest BCUT2D eigenvalue weighted by atomic mass is 9.64. The molecule has 3 rings (SSSR count). The maximum absolute atomic E-state index is 10.4. The number of hydrogen-bond donors (Lipinski definition) is 4. The van der Waals surface area contributed by atoms with Gasteiger partial charge in [-0.25, -0.2) is 4.99 Å². The highest BCUT2D eigenvalue weighted by Crippen LogP contribution is 2.49. The van der Waals surface area contributed by atoms with Gasteiger partial charge in [0.05, 0.1) is 12.2 Å². The number of aliphatic imine (C=N–C) groups is 1. The van der Waals surface area contributed by atoms with Crippen LogP contribution in [-0.4, -0.2) is 46.3 Å². The summed E-state index contributed by atoms with van der Waals surface area (Å²) in [6, 6.07) is 2.03. The maximum atomic E-state index is 10.4. The van der Waals surface area contributed by atoms with Crippen LogP contribution >= 0.6 is 0 Å². The molecule has 7 atom stereocenters. The minimum atomic E-state index is -1.10. The number of rotatable bonds is 0. The highest BCUT2D eigenvalue weighted by atomic mass is 16.5. The van der Waals surface area contributed by atoms with Crippen molar-refractivity contribution >= 4 is 5.96 Å². The molecular weight excluding hydrogens is 236 g/mol. The molecule has 98 valence electrons. The molecule has 7 nitrogen and oxygen atoms in total. The van der Waals surface area contributed by atoms with E-state index in [2.05, 4.69) is 10.3 Å². The SMILES string of the molecule is C[C@@H]1C[C@@H]2[C@H]3N=C(N)N[C@]2([C@H](O)[C@@H]1O)[C@@H](C#N)O3. The summed E-state index contributed by atoms with van der Waals surface area (Å²) in [7, 11) is 0. The van der Waals surface area contributed by atoms with Crippen LogP contribution in [0, 0.1) is 23.2 Å². The van der Waals surface area contributed by atoms with Crippen LogP contribution in [0.3, 0.4) is 0 Å². The topological polar surface area (TPSA) is 124 Å². The van der Waals surface area contributed by atoms with Crippen LogP contribution in [0.1, 0.15) is 13.3 Å². The normalized spacial score (nSPS) is 54.0. The third-order valence-corrected chi connectivity index (χ3v) is 4.42. The third-order valence-electron chi connectivity index (χ3n) is 4.42. The molecule has 18 heavy (non-hydrogen) atoms. The monoisotopic (exact) mass is 252 g/mol. The second-order valence-corrected chi connectivity index (χ2v) is 5.36. The summed E-state index contributed by atoms with van der Waals surface area (Å²) in [5, 5.41) is 32.5. The van der Waals surface area contributed by atoms with E-state index >= 15 is 0 Å². The van der Waals surface area contributed by atoms with Crippen molar-refractivity contribution in [2.24, 2.45) is 22.6 Å². The molecule has 2 bridgehead atoms. The van der Waals surface area contributed by atoms with Crippen LogP contribution in [0.5, 0.6) is 0 Å².